The van der Waals surface area contributed by atoms with Crippen LogP contribution in [0.3, 0.4) is 0 Å². The highest BCUT2D eigenvalue weighted by Crippen LogP contribution is 2.22. The quantitative estimate of drug-likeness (QED) is 0.692. The molecule has 0 aliphatic rings. The zero-order valence-corrected chi connectivity index (χ0v) is 10.6. The van der Waals surface area contributed by atoms with E-state index in [-0.39, 0.29) is 0 Å². The fourth-order valence-electron chi connectivity index (χ4n) is 2.09. The van der Waals surface area contributed by atoms with E-state index in [0.717, 1.165) is 5.52 Å². The molecule has 2 N–H and O–H groups in total. The van der Waals surface area contributed by atoms with E-state index in [0.29, 0.717) is 23.1 Å². The Morgan fingerprint density at radius 3 is 2.57 bits per heavy atom. The van der Waals surface area contributed by atoms with Crippen molar-refractivity contribution in [2.24, 2.45) is 0 Å². The maximum Gasteiger partial charge on any atom is 0.256 e. The van der Waals surface area contributed by atoms with E-state index in [1.807, 2.05) is 0 Å². The van der Waals surface area contributed by atoms with Crippen LogP contribution in [-0.2, 0) is 0 Å². The van der Waals surface area contributed by atoms with Crippen molar-refractivity contribution >= 4 is 22.5 Å². The van der Waals surface area contributed by atoms with E-state index in [9.17, 15) is 18.0 Å². The van der Waals surface area contributed by atoms with Gasteiger partial charge >= 0.3 is 0 Å². The van der Waals surface area contributed by atoms with E-state index in [4.69, 9.17) is 0 Å². The average Bonchev–Trinajstić information content (AvgIpc) is 2.92. The standard InChI is InChI=1S/C15H9F3N2O/c16-10-6-12(18)14(7-11(10)17)20-15(21)9-2-1-3-13-8(9)4-5-19-13/h1-7,19H,(H,20,21). The van der Waals surface area contributed by atoms with Crippen molar-refractivity contribution in [3.8, 4) is 0 Å². The zero-order chi connectivity index (χ0) is 15.0. The Bertz CT molecular complexity index is 842. The van der Waals surface area contributed by atoms with Gasteiger partial charge in [0.1, 0.15) is 5.82 Å². The molecule has 3 nitrogen and oxygen atoms in total. The minimum Gasteiger partial charge on any atom is -0.361 e. The van der Waals surface area contributed by atoms with Crippen LogP contribution in [0, 0.1) is 17.5 Å². The van der Waals surface area contributed by atoms with E-state index in [1.54, 1.807) is 30.5 Å². The highest BCUT2D eigenvalue weighted by atomic mass is 19.2. The van der Waals surface area contributed by atoms with Gasteiger partial charge in [-0.3, -0.25) is 4.79 Å². The molecule has 0 saturated heterocycles. The molecule has 0 aliphatic carbocycles. The fraction of sp³-hybridized carbons (Fsp3) is 0. The van der Waals surface area contributed by atoms with E-state index in [1.165, 1.54) is 0 Å². The molecular weight excluding hydrogens is 281 g/mol. The lowest BCUT2D eigenvalue weighted by Crippen LogP contribution is -2.13. The van der Waals surface area contributed by atoms with Crippen molar-refractivity contribution in [1.82, 2.24) is 4.98 Å². The number of carbonyl (C=O) groups excluding carboxylic acids is 1. The van der Waals surface area contributed by atoms with Crippen LogP contribution in [0.25, 0.3) is 10.9 Å². The molecule has 0 aliphatic heterocycles. The second-order valence-electron chi connectivity index (χ2n) is 4.44. The Hall–Kier alpha value is -2.76. The number of anilines is 1. The number of nitrogens with one attached hydrogen (secondary N) is 2. The highest BCUT2D eigenvalue weighted by Gasteiger charge is 2.15. The number of aromatic amines is 1. The molecule has 1 heterocycles. The van der Waals surface area contributed by atoms with Gasteiger partial charge in [-0.2, -0.15) is 0 Å². The number of hydrogen-bond donors (Lipinski definition) is 2. The molecule has 106 valence electrons. The average molecular weight is 290 g/mol. The predicted molar refractivity (Wildman–Crippen MR) is 72.6 cm³/mol. The molecule has 1 aromatic heterocycles. The fourth-order valence-corrected chi connectivity index (χ4v) is 2.09. The first kappa shape index (κ1) is 13.2. The van der Waals surface area contributed by atoms with E-state index in [2.05, 4.69) is 10.3 Å². The molecule has 0 fully saturated rings. The highest BCUT2D eigenvalue weighted by molar-refractivity contribution is 6.12. The second-order valence-corrected chi connectivity index (χ2v) is 4.44. The van der Waals surface area contributed by atoms with Crippen LogP contribution < -0.4 is 5.32 Å². The zero-order valence-electron chi connectivity index (χ0n) is 10.6. The number of benzene rings is 2. The molecule has 0 bridgehead atoms. The van der Waals surface area contributed by atoms with Gasteiger partial charge in [0, 0.05) is 34.8 Å². The first-order valence-electron chi connectivity index (χ1n) is 6.08. The Balaban J connectivity index is 1.97. The molecule has 3 rings (SSSR count). The summed E-state index contributed by atoms with van der Waals surface area (Å²) in [5.74, 6) is -4.18. The Labute approximate surface area is 117 Å². The first-order chi connectivity index (χ1) is 10.1. The summed E-state index contributed by atoms with van der Waals surface area (Å²) in [7, 11) is 0. The van der Waals surface area contributed by atoms with Gasteiger partial charge in [-0.25, -0.2) is 13.2 Å². The third-order valence-electron chi connectivity index (χ3n) is 3.10. The smallest absolute Gasteiger partial charge is 0.256 e. The van der Waals surface area contributed by atoms with Crippen LogP contribution in [0.1, 0.15) is 10.4 Å². The number of hydrogen-bond acceptors (Lipinski definition) is 1. The van der Waals surface area contributed by atoms with Crippen LogP contribution in [0.15, 0.2) is 42.6 Å². The summed E-state index contributed by atoms with van der Waals surface area (Å²) >= 11 is 0. The molecule has 0 atom stereocenters. The number of H-pyrrole nitrogens is 1. The summed E-state index contributed by atoms with van der Waals surface area (Å²) in [5, 5.41) is 2.89. The van der Waals surface area contributed by atoms with Crippen molar-refractivity contribution in [1.29, 1.82) is 0 Å². The minimum absolute atomic E-state index is 0.304. The van der Waals surface area contributed by atoms with Crippen molar-refractivity contribution < 1.29 is 18.0 Å². The third-order valence-corrected chi connectivity index (χ3v) is 3.10. The van der Waals surface area contributed by atoms with Crippen molar-refractivity contribution in [2.75, 3.05) is 5.32 Å². The molecule has 0 spiro atoms. The predicted octanol–water partition coefficient (Wildman–Crippen LogP) is 3.84. The third kappa shape index (κ3) is 2.35. The van der Waals surface area contributed by atoms with Crippen molar-refractivity contribution in [3.05, 3.63) is 65.6 Å². The maximum absolute atomic E-state index is 13.5. The lowest BCUT2D eigenvalue weighted by molar-refractivity contribution is 0.102. The van der Waals surface area contributed by atoms with E-state index >= 15 is 0 Å². The first-order valence-corrected chi connectivity index (χ1v) is 6.08. The number of halogens is 3. The molecular formula is C15H9F3N2O. The molecule has 3 aromatic rings. The lowest BCUT2D eigenvalue weighted by Gasteiger charge is -2.08. The van der Waals surface area contributed by atoms with Crippen LogP contribution in [0.5, 0.6) is 0 Å². The SMILES string of the molecule is O=C(Nc1cc(F)c(F)cc1F)c1cccc2[nH]ccc12. The second kappa shape index (κ2) is 4.97. The molecule has 0 saturated carbocycles. The van der Waals surface area contributed by atoms with Gasteiger partial charge in [-0.1, -0.05) is 6.07 Å². The van der Waals surface area contributed by atoms with Gasteiger partial charge < -0.3 is 10.3 Å². The van der Waals surface area contributed by atoms with Gasteiger partial charge in [-0.15, -0.1) is 0 Å². The van der Waals surface area contributed by atoms with Crippen molar-refractivity contribution in [3.63, 3.8) is 0 Å². The van der Waals surface area contributed by atoms with E-state index < -0.39 is 29.0 Å². The minimum atomic E-state index is -1.31. The van der Waals surface area contributed by atoms with Crippen LogP contribution in [0.4, 0.5) is 18.9 Å². The number of aromatic nitrogens is 1. The van der Waals surface area contributed by atoms with Crippen molar-refractivity contribution in [2.45, 2.75) is 0 Å². The largest absolute Gasteiger partial charge is 0.361 e. The Kier molecular flexibility index (Phi) is 3.13. The Morgan fingerprint density at radius 2 is 1.76 bits per heavy atom. The molecule has 2 aromatic carbocycles. The molecule has 21 heavy (non-hydrogen) atoms. The topological polar surface area (TPSA) is 44.9 Å². The summed E-state index contributed by atoms with van der Waals surface area (Å²) < 4.78 is 39.5. The monoisotopic (exact) mass is 290 g/mol. The number of carbonyl (C=O) groups is 1. The summed E-state index contributed by atoms with van der Waals surface area (Å²) in [4.78, 5) is 15.1. The van der Waals surface area contributed by atoms with Crippen LogP contribution in [-0.4, -0.2) is 10.9 Å². The molecule has 0 radical (unpaired) electrons. The Morgan fingerprint density at radius 1 is 1.00 bits per heavy atom. The van der Waals surface area contributed by atoms with Gasteiger partial charge in [0.15, 0.2) is 11.6 Å². The summed E-state index contributed by atoms with van der Waals surface area (Å²) in [6.07, 6.45) is 1.67. The summed E-state index contributed by atoms with van der Waals surface area (Å²) in [6.45, 7) is 0. The molecule has 0 unspecified atom stereocenters. The lowest BCUT2D eigenvalue weighted by atomic mass is 10.1. The number of rotatable bonds is 2. The van der Waals surface area contributed by atoms with Gasteiger partial charge in [-0.05, 0) is 18.2 Å². The summed E-state index contributed by atoms with van der Waals surface area (Å²) in [6, 6.07) is 7.70. The van der Waals surface area contributed by atoms with Crippen LogP contribution >= 0.6 is 0 Å². The van der Waals surface area contributed by atoms with Gasteiger partial charge in [0.25, 0.3) is 5.91 Å². The van der Waals surface area contributed by atoms with Gasteiger partial charge in [0.05, 0.1) is 5.69 Å². The number of amides is 1. The van der Waals surface area contributed by atoms with Gasteiger partial charge in [0.2, 0.25) is 0 Å². The summed E-state index contributed by atoms with van der Waals surface area (Å²) in [5.41, 5.74) is 0.637. The molecule has 6 heteroatoms. The van der Waals surface area contributed by atoms with Crippen LogP contribution in [0.2, 0.25) is 0 Å². The normalized spacial score (nSPS) is 10.8. The molecule has 1 amide bonds. The maximum atomic E-state index is 13.5. The number of fused-ring (bicyclic) bond motifs is 1.